The van der Waals surface area contributed by atoms with E-state index in [9.17, 15) is 13.9 Å². The second kappa shape index (κ2) is 7.53. The molecule has 0 spiro atoms. The summed E-state index contributed by atoms with van der Waals surface area (Å²) in [5.74, 6) is -1.43. The monoisotopic (exact) mass is 363 g/mol. The number of aromatic nitrogens is 2. The highest BCUT2D eigenvalue weighted by Gasteiger charge is 2.41. The molecule has 1 fully saturated rings. The van der Waals surface area contributed by atoms with Gasteiger partial charge in [0.2, 0.25) is 17.8 Å². The predicted molar refractivity (Wildman–Crippen MR) is 94.6 cm³/mol. The summed E-state index contributed by atoms with van der Waals surface area (Å²) in [5, 5.41) is 13.7. The van der Waals surface area contributed by atoms with Crippen LogP contribution >= 0.6 is 0 Å². The van der Waals surface area contributed by atoms with Crippen molar-refractivity contribution in [2.24, 2.45) is 5.92 Å². The number of ether oxygens (including phenoxy) is 1. The van der Waals surface area contributed by atoms with Gasteiger partial charge in [-0.05, 0) is 37.8 Å². The van der Waals surface area contributed by atoms with Crippen LogP contribution in [-0.4, -0.2) is 33.1 Å². The number of para-hydroxylation sites is 1. The fraction of sp³-hybridized carbons (Fsp3) is 0.474. The molecule has 1 aliphatic rings. The Morgan fingerprint density at radius 2 is 1.92 bits per heavy atom. The molecule has 7 heteroatoms. The van der Waals surface area contributed by atoms with E-state index in [-0.39, 0.29) is 25.3 Å². The van der Waals surface area contributed by atoms with Gasteiger partial charge in [-0.3, -0.25) is 0 Å². The Morgan fingerprint density at radius 1 is 1.23 bits per heavy atom. The molecule has 0 saturated heterocycles. The third-order valence-electron chi connectivity index (χ3n) is 4.80. The zero-order chi connectivity index (χ0) is 18.6. The second-order valence-electron chi connectivity index (χ2n) is 6.97. The van der Waals surface area contributed by atoms with Crippen molar-refractivity contribution in [3.05, 3.63) is 42.6 Å². The molecule has 2 aromatic rings. The molecular formula is C19H23F2N3O2. The lowest BCUT2D eigenvalue weighted by Crippen LogP contribution is -2.44. The maximum atomic E-state index is 13.3. The fourth-order valence-electron chi connectivity index (χ4n) is 3.16. The number of nitrogens with one attached hydrogen (secondary N) is 1. The summed E-state index contributed by atoms with van der Waals surface area (Å²) in [4.78, 5) is 8.38. The van der Waals surface area contributed by atoms with Gasteiger partial charge in [0.15, 0.2) is 0 Å². The number of anilines is 1. The highest BCUT2D eigenvalue weighted by Crippen LogP contribution is 2.40. The molecule has 1 aliphatic carbocycles. The molecule has 2 N–H and O–H groups in total. The van der Waals surface area contributed by atoms with Crippen molar-refractivity contribution >= 4 is 5.95 Å². The Labute approximate surface area is 151 Å². The van der Waals surface area contributed by atoms with Crippen LogP contribution in [0.2, 0.25) is 0 Å². The molecule has 3 rings (SSSR count). The van der Waals surface area contributed by atoms with Gasteiger partial charge in [0.05, 0.1) is 5.60 Å². The van der Waals surface area contributed by atoms with Gasteiger partial charge in [0.1, 0.15) is 5.75 Å². The minimum absolute atomic E-state index is 0.176. The largest absolute Gasteiger partial charge is 0.439 e. The summed E-state index contributed by atoms with van der Waals surface area (Å²) in [6, 6.07) is 10.9. The van der Waals surface area contributed by atoms with Gasteiger partial charge in [-0.25, -0.2) is 13.8 Å². The van der Waals surface area contributed by atoms with Crippen LogP contribution in [0.4, 0.5) is 14.7 Å². The van der Waals surface area contributed by atoms with Gasteiger partial charge in [0.25, 0.3) is 0 Å². The van der Waals surface area contributed by atoms with Crippen molar-refractivity contribution in [2.45, 2.75) is 44.1 Å². The first-order valence-corrected chi connectivity index (χ1v) is 8.74. The summed E-state index contributed by atoms with van der Waals surface area (Å²) in [7, 11) is 0. The van der Waals surface area contributed by atoms with Crippen molar-refractivity contribution in [2.75, 3.05) is 11.9 Å². The molecule has 26 heavy (non-hydrogen) atoms. The van der Waals surface area contributed by atoms with Gasteiger partial charge < -0.3 is 15.2 Å². The highest BCUT2D eigenvalue weighted by atomic mass is 19.3. The maximum Gasteiger partial charge on any atom is 0.248 e. The topological polar surface area (TPSA) is 67.3 Å². The molecule has 1 atom stereocenters. The normalized spacial score (nSPS) is 19.5. The lowest BCUT2D eigenvalue weighted by atomic mass is 9.76. The number of alkyl halides is 2. The van der Waals surface area contributed by atoms with Crippen LogP contribution in [0.15, 0.2) is 42.6 Å². The number of hydrogen-bond donors (Lipinski definition) is 2. The summed E-state index contributed by atoms with van der Waals surface area (Å²) in [6.45, 7) is 1.84. The van der Waals surface area contributed by atoms with E-state index in [1.165, 1.54) is 0 Å². The van der Waals surface area contributed by atoms with Gasteiger partial charge in [0, 0.05) is 31.6 Å². The van der Waals surface area contributed by atoms with Crippen LogP contribution in [0.5, 0.6) is 11.6 Å². The number of rotatable bonds is 6. The van der Waals surface area contributed by atoms with Crippen LogP contribution < -0.4 is 10.1 Å². The van der Waals surface area contributed by atoms with Crippen molar-refractivity contribution in [1.82, 2.24) is 9.97 Å². The molecular weight excluding hydrogens is 340 g/mol. The molecule has 140 valence electrons. The smallest absolute Gasteiger partial charge is 0.248 e. The van der Waals surface area contributed by atoms with Gasteiger partial charge in [-0.1, -0.05) is 18.2 Å². The Kier molecular flexibility index (Phi) is 5.36. The molecule has 5 nitrogen and oxygen atoms in total. The second-order valence-corrected chi connectivity index (χ2v) is 6.97. The van der Waals surface area contributed by atoms with Crippen LogP contribution in [0.3, 0.4) is 0 Å². The fourth-order valence-corrected chi connectivity index (χ4v) is 3.16. The highest BCUT2D eigenvalue weighted by molar-refractivity contribution is 5.31. The van der Waals surface area contributed by atoms with Crippen molar-refractivity contribution < 1.29 is 18.6 Å². The lowest BCUT2D eigenvalue weighted by Gasteiger charge is -2.38. The van der Waals surface area contributed by atoms with Crippen LogP contribution in [0.25, 0.3) is 0 Å². The predicted octanol–water partition coefficient (Wildman–Crippen LogP) is 4.26. The van der Waals surface area contributed by atoms with Gasteiger partial charge in [-0.2, -0.15) is 4.98 Å². The minimum Gasteiger partial charge on any atom is -0.439 e. The average Bonchev–Trinajstić information content (AvgIpc) is 2.61. The van der Waals surface area contributed by atoms with E-state index < -0.39 is 11.5 Å². The van der Waals surface area contributed by atoms with E-state index in [1.54, 1.807) is 19.2 Å². The molecule has 0 bridgehead atoms. The molecule has 1 aromatic carbocycles. The number of hydrogen-bond acceptors (Lipinski definition) is 5. The zero-order valence-corrected chi connectivity index (χ0v) is 14.7. The molecule has 0 aliphatic heterocycles. The van der Waals surface area contributed by atoms with Crippen LogP contribution in [-0.2, 0) is 0 Å². The van der Waals surface area contributed by atoms with Crippen molar-refractivity contribution in [3.63, 3.8) is 0 Å². The first-order valence-electron chi connectivity index (χ1n) is 8.74. The standard InChI is InChI=1S/C19H23F2N3O2/c1-18(25,14-7-10-19(20,21)11-8-14)13-23-17-22-12-9-16(24-17)26-15-5-3-2-4-6-15/h2-6,9,12,14,25H,7-8,10-11,13H2,1H3,(H,22,23,24). The molecule has 1 aromatic heterocycles. The van der Waals surface area contributed by atoms with Gasteiger partial charge in [-0.15, -0.1) is 0 Å². The Balaban J connectivity index is 1.58. The van der Waals surface area contributed by atoms with E-state index in [0.717, 1.165) is 0 Å². The molecule has 1 unspecified atom stereocenters. The molecule has 0 radical (unpaired) electrons. The third-order valence-corrected chi connectivity index (χ3v) is 4.80. The summed E-state index contributed by atoms with van der Waals surface area (Å²) in [5.41, 5.74) is -1.11. The van der Waals surface area contributed by atoms with E-state index >= 15 is 0 Å². The maximum absolute atomic E-state index is 13.3. The Morgan fingerprint density at radius 3 is 2.62 bits per heavy atom. The first kappa shape index (κ1) is 18.5. The average molecular weight is 363 g/mol. The van der Waals surface area contributed by atoms with E-state index in [0.29, 0.717) is 30.4 Å². The van der Waals surface area contributed by atoms with E-state index in [2.05, 4.69) is 15.3 Å². The molecule has 1 heterocycles. The van der Waals surface area contributed by atoms with E-state index in [1.807, 2.05) is 30.3 Å². The first-order chi connectivity index (χ1) is 12.3. The summed E-state index contributed by atoms with van der Waals surface area (Å²) in [6.07, 6.45) is 1.82. The SMILES string of the molecule is CC(O)(CNc1nccc(Oc2ccccc2)n1)C1CCC(F)(F)CC1. The number of aliphatic hydroxyl groups is 1. The quantitative estimate of drug-likeness (QED) is 0.803. The van der Waals surface area contributed by atoms with E-state index in [4.69, 9.17) is 4.74 Å². The number of halogens is 2. The van der Waals surface area contributed by atoms with Gasteiger partial charge >= 0.3 is 0 Å². The van der Waals surface area contributed by atoms with Crippen LogP contribution in [0, 0.1) is 5.92 Å². The molecule has 0 amide bonds. The number of benzene rings is 1. The molecule has 1 saturated carbocycles. The van der Waals surface area contributed by atoms with Crippen molar-refractivity contribution in [1.29, 1.82) is 0 Å². The Bertz CT molecular complexity index is 716. The minimum atomic E-state index is -2.60. The summed E-state index contributed by atoms with van der Waals surface area (Å²) >= 11 is 0. The van der Waals surface area contributed by atoms with Crippen molar-refractivity contribution in [3.8, 4) is 11.6 Å². The zero-order valence-electron chi connectivity index (χ0n) is 14.7. The van der Waals surface area contributed by atoms with Crippen LogP contribution in [0.1, 0.15) is 32.6 Å². The summed E-state index contributed by atoms with van der Waals surface area (Å²) < 4.78 is 32.3. The Hall–Kier alpha value is -2.28. The number of nitrogens with zero attached hydrogens (tertiary/aromatic N) is 2. The lowest BCUT2D eigenvalue weighted by molar-refractivity contribution is -0.0834. The third kappa shape index (κ3) is 4.88.